The van der Waals surface area contributed by atoms with Gasteiger partial charge >= 0.3 is 5.97 Å². The second-order valence-corrected chi connectivity index (χ2v) is 13.5. The predicted molar refractivity (Wildman–Crippen MR) is 191 cm³/mol. The van der Waals surface area contributed by atoms with Gasteiger partial charge in [0.2, 0.25) is 5.91 Å². The lowest BCUT2D eigenvalue weighted by Gasteiger charge is -2.15. The number of hydrogen-bond donors (Lipinski definition) is 2. The quantitative estimate of drug-likeness (QED) is 0.124. The lowest BCUT2D eigenvalue weighted by molar-refractivity contribution is -0.138. The van der Waals surface area contributed by atoms with Gasteiger partial charge in [0, 0.05) is 34.8 Å². The van der Waals surface area contributed by atoms with Crippen LogP contribution in [0.2, 0.25) is 5.02 Å². The van der Waals surface area contributed by atoms with Crippen LogP contribution in [0.1, 0.15) is 58.8 Å². The van der Waals surface area contributed by atoms with Crippen molar-refractivity contribution in [2.75, 3.05) is 44.9 Å². The number of rotatable bonds is 16. The summed E-state index contributed by atoms with van der Waals surface area (Å²) in [7, 11) is 1.54. The molecule has 0 spiro atoms. The summed E-state index contributed by atoms with van der Waals surface area (Å²) in [5.41, 5.74) is 3.39. The third-order valence-corrected chi connectivity index (χ3v) is 9.84. The van der Waals surface area contributed by atoms with Crippen LogP contribution in [0.3, 0.4) is 0 Å². The van der Waals surface area contributed by atoms with Crippen LogP contribution in [0.5, 0.6) is 11.5 Å². The van der Waals surface area contributed by atoms with Crippen molar-refractivity contribution in [2.24, 2.45) is 0 Å². The number of benzene rings is 3. The topological polar surface area (TPSA) is 110 Å². The van der Waals surface area contributed by atoms with Crippen molar-refractivity contribution in [1.82, 2.24) is 14.8 Å². The Kier molecular flexibility index (Phi) is 12.4. The van der Waals surface area contributed by atoms with Gasteiger partial charge in [0.25, 0.3) is 5.91 Å². The lowest BCUT2D eigenvalue weighted by atomic mass is 9.93. The molecule has 1 aliphatic heterocycles. The van der Waals surface area contributed by atoms with Crippen LogP contribution in [0.4, 0.5) is 0 Å². The first-order chi connectivity index (χ1) is 23.2. The Labute approximate surface area is 290 Å². The van der Waals surface area contributed by atoms with Crippen molar-refractivity contribution in [2.45, 2.75) is 45.1 Å². The van der Waals surface area contributed by atoms with E-state index >= 15 is 0 Å². The number of carbonyl (C=O) groups is 3. The molecule has 1 amide bonds. The van der Waals surface area contributed by atoms with E-state index < -0.39 is 11.9 Å². The molecule has 2 heterocycles. The monoisotopic (exact) mass is 691 g/mol. The zero-order valence-corrected chi connectivity index (χ0v) is 28.9. The van der Waals surface area contributed by atoms with Gasteiger partial charge < -0.3 is 19.9 Å². The van der Waals surface area contributed by atoms with Crippen LogP contribution in [-0.4, -0.2) is 77.2 Å². The van der Waals surface area contributed by atoms with E-state index in [1.165, 1.54) is 30.2 Å². The largest absolute Gasteiger partial charge is 0.497 e. The smallest absolute Gasteiger partial charge is 0.311 e. The van der Waals surface area contributed by atoms with E-state index in [-0.39, 0.29) is 24.0 Å². The van der Waals surface area contributed by atoms with Crippen molar-refractivity contribution in [1.29, 1.82) is 0 Å². The number of thioether (sulfide) groups is 1. The van der Waals surface area contributed by atoms with Gasteiger partial charge in [-0.25, -0.2) is 0 Å². The molecule has 4 aromatic rings. The zero-order chi connectivity index (χ0) is 34.0. The predicted octanol–water partition coefficient (Wildman–Crippen LogP) is 6.77. The minimum atomic E-state index is -0.995. The molecule has 3 aromatic carbocycles. The summed E-state index contributed by atoms with van der Waals surface area (Å²) in [6, 6.07) is 20.1. The van der Waals surface area contributed by atoms with Crippen molar-refractivity contribution in [3.63, 3.8) is 0 Å². The number of ether oxygens (including phenoxy) is 2. The Balaban J connectivity index is 1.13. The average Bonchev–Trinajstić information content (AvgIpc) is 3.69. The molecule has 0 radical (unpaired) electrons. The van der Waals surface area contributed by atoms with Crippen LogP contribution in [-0.2, 0) is 16.1 Å². The molecule has 2 N–H and O–H groups in total. The Hall–Kier alpha value is -3.99. The third kappa shape index (κ3) is 8.92. The maximum Gasteiger partial charge on any atom is 0.311 e. The summed E-state index contributed by atoms with van der Waals surface area (Å²) < 4.78 is 12.9. The molecule has 0 bridgehead atoms. The molecular weight excluding hydrogens is 650 g/mol. The number of halogens is 1. The number of carboxylic acids is 1. The third-order valence-electron chi connectivity index (χ3n) is 8.60. The summed E-state index contributed by atoms with van der Waals surface area (Å²) in [6.45, 7) is 6.00. The summed E-state index contributed by atoms with van der Waals surface area (Å²) in [4.78, 5) is 41.2. The number of methoxy groups -OCH3 is 1. The van der Waals surface area contributed by atoms with E-state index in [0.29, 0.717) is 63.8 Å². The van der Waals surface area contributed by atoms with Crippen LogP contribution < -0.4 is 14.8 Å². The molecule has 1 saturated heterocycles. The Bertz CT molecular complexity index is 1740. The maximum absolute atomic E-state index is 13.6. The molecule has 1 aliphatic rings. The highest BCUT2D eigenvalue weighted by Gasteiger charge is 2.29. The minimum absolute atomic E-state index is 0.106. The van der Waals surface area contributed by atoms with Gasteiger partial charge in [-0.15, -0.1) is 0 Å². The van der Waals surface area contributed by atoms with Crippen molar-refractivity contribution in [3.05, 3.63) is 94.1 Å². The fourth-order valence-corrected chi connectivity index (χ4v) is 7.16. The molecule has 1 fully saturated rings. The Morgan fingerprint density at radius 3 is 2.52 bits per heavy atom. The summed E-state index contributed by atoms with van der Waals surface area (Å²) in [6.07, 6.45) is 3.49. The highest BCUT2D eigenvalue weighted by Crippen LogP contribution is 2.37. The number of nitrogens with zero attached hydrogens (tertiary/aromatic N) is 2. The number of hydrogen-bond acceptors (Lipinski definition) is 7. The van der Waals surface area contributed by atoms with E-state index in [9.17, 15) is 19.5 Å². The molecule has 1 aromatic heterocycles. The van der Waals surface area contributed by atoms with Crippen molar-refractivity contribution >= 4 is 52.0 Å². The van der Waals surface area contributed by atoms with Crippen LogP contribution in [0, 0.1) is 6.92 Å². The fourth-order valence-electron chi connectivity index (χ4n) is 6.20. The van der Waals surface area contributed by atoms with Gasteiger partial charge in [-0.2, -0.15) is 11.8 Å². The van der Waals surface area contributed by atoms with E-state index in [0.717, 1.165) is 25.4 Å². The molecule has 48 heavy (non-hydrogen) atoms. The number of aliphatic carboxylic acids is 1. The van der Waals surface area contributed by atoms with Gasteiger partial charge in [-0.3, -0.25) is 23.9 Å². The number of likely N-dealkylation sites (tertiary alicyclic amines) is 1. The van der Waals surface area contributed by atoms with Gasteiger partial charge in [0.15, 0.2) is 0 Å². The molecule has 5 rings (SSSR count). The first kappa shape index (κ1) is 35.3. The molecule has 11 heteroatoms. The number of carboxylic acid groups (broad SMARTS) is 1. The molecule has 1 atom stereocenters. The first-order valence-electron chi connectivity index (χ1n) is 16.3. The standard InChI is InChI=1S/C37H42ClN3O6S/c1-25-35(32-22-29(46-2)13-14-33(32)41(25)36(43)27-9-11-28(38)12-10-27)31(37(44)45)15-20-48-24-34(42)39-16-6-19-47-30-8-5-7-26(21-30)23-40-17-3-4-18-40/h5,7-14,21-22,31H,3-4,6,15-20,23-24H2,1-2H3,(H,39,42)(H,44,45). The van der Waals surface area contributed by atoms with E-state index in [1.807, 2.05) is 12.1 Å². The number of carbonyl (C=O) groups excluding carboxylic acids is 2. The molecule has 254 valence electrons. The first-order valence-corrected chi connectivity index (χ1v) is 17.8. The zero-order valence-electron chi connectivity index (χ0n) is 27.4. The lowest BCUT2D eigenvalue weighted by Crippen LogP contribution is -2.27. The Morgan fingerprint density at radius 1 is 1.02 bits per heavy atom. The summed E-state index contributed by atoms with van der Waals surface area (Å²) >= 11 is 7.42. The fraction of sp³-hybridized carbons (Fsp3) is 0.378. The van der Waals surface area contributed by atoms with Gasteiger partial charge in [-0.05, 0) is 117 Å². The molecule has 0 saturated carbocycles. The number of aromatic nitrogens is 1. The summed E-state index contributed by atoms with van der Waals surface area (Å²) in [5, 5.41) is 14.4. The SMILES string of the molecule is COc1ccc2c(c1)c(C(CCSCC(=O)NCCCOc1cccc(CN3CCCC3)c1)C(=O)O)c(C)n2C(=O)c1ccc(Cl)cc1. The highest BCUT2D eigenvalue weighted by atomic mass is 35.5. The van der Waals surface area contributed by atoms with Crippen LogP contribution in [0.25, 0.3) is 10.9 Å². The molecule has 1 unspecified atom stereocenters. The van der Waals surface area contributed by atoms with Crippen molar-refractivity contribution in [3.8, 4) is 11.5 Å². The highest BCUT2D eigenvalue weighted by molar-refractivity contribution is 7.99. The van der Waals surface area contributed by atoms with Crippen LogP contribution in [0.15, 0.2) is 66.7 Å². The average molecular weight is 692 g/mol. The molecular formula is C37H42ClN3O6S. The molecule has 0 aliphatic carbocycles. The van der Waals surface area contributed by atoms with E-state index in [1.54, 1.807) is 61.1 Å². The summed E-state index contributed by atoms with van der Waals surface area (Å²) in [5.74, 6) is -0.203. The number of fused-ring (bicyclic) bond motifs is 1. The van der Waals surface area contributed by atoms with Crippen molar-refractivity contribution < 1.29 is 29.0 Å². The van der Waals surface area contributed by atoms with E-state index in [4.69, 9.17) is 21.1 Å². The second-order valence-electron chi connectivity index (χ2n) is 11.9. The van der Waals surface area contributed by atoms with E-state index in [2.05, 4.69) is 22.3 Å². The molecule has 9 nitrogen and oxygen atoms in total. The van der Waals surface area contributed by atoms with Gasteiger partial charge in [0.05, 0.1) is 30.9 Å². The normalized spacial score (nSPS) is 13.8. The Morgan fingerprint density at radius 2 is 1.79 bits per heavy atom. The van der Waals surface area contributed by atoms with Gasteiger partial charge in [0.1, 0.15) is 11.5 Å². The van der Waals surface area contributed by atoms with Gasteiger partial charge in [-0.1, -0.05) is 23.7 Å². The maximum atomic E-state index is 13.6. The minimum Gasteiger partial charge on any atom is -0.497 e. The van der Waals surface area contributed by atoms with Crippen LogP contribution >= 0.6 is 23.4 Å². The second kappa shape index (κ2) is 16.9. The number of amides is 1. The number of nitrogens with one attached hydrogen (secondary N) is 1.